The van der Waals surface area contributed by atoms with Crippen LogP contribution in [-0.2, 0) is 6.54 Å². The molecule has 0 amide bonds. The van der Waals surface area contributed by atoms with Crippen LogP contribution in [0.3, 0.4) is 0 Å². The Morgan fingerprint density at radius 3 is 2.75 bits per heavy atom. The number of hydrogen-bond donors (Lipinski definition) is 1. The lowest BCUT2D eigenvalue weighted by molar-refractivity contribution is 0.384. The van der Waals surface area contributed by atoms with E-state index in [1.807, 2.05) is 0 Å². The zero-order valence-corrected chi connectivity index (χ0v) is 10.8. The van der Waals surface area contributed by atoms with Crippen LogP contribution < -0.4 is 10.1 Å². The molecule has 0 aromatic heterocycles. The van der Waals surface area contributed by atoms with E-state index in [1.54, 1.807) is 18.2 Å². The molecule has 0 atom stereocenters. The van der Waals surface area contributed by atoms with Crippen molar-refractivity contribution in [3.05, 3.63) is 59.2 Å². The first-order chi connectivity index (χ1) is 9.65. The molecule has 2 aromatic rings. The molecule has 0 saturated heterocycles. The Kier molecular flexibility index (Phi) is 4.16. The third-order valence-corrected chi connectivity index (χ3v) is 2.83. The molecular formula is C15H12F2N2O. The number of halogens is 2. The number of rotatable bonds is 4. The zero-order valence-electron chi connectivity index (χ0n) is 10.8. The summed E-state index contributed by atoms with van der Waals surface area (Å²) >= 11 is 0. The molecular weight excluding hydrogens is 262 g/mol. The quantitative estimate of drug-likeness (QED) is 0.928. The highest BCUT2D eigenvalue weighted by Gasteiger charge is 2.08. The fourth-order valence-electron chi connectivity index (χ4n) is 1.77. The van der Waals surface area contributed by atoms with Crippen LogP contribution in [0.5, 0.6) is 5.75 Å². The number of nitrogens with zero attached hydrogens (tertiary/aromatic N) is 1. The SMILES string of the molecule is COc1cccc(CNc2ccc(F)c(C#N)c2)c1F. The second kappa shape index (κ2) is 6.02. The molecule has 2 aromatic carbocycles. The normalized spacial score (nSPS) is 9.90. The summed E-state index contributed by atoms with van der Waals surface area (Å²) in [4.78, 5) is 0. The van der Waals surface area contributed by atoms with Crippen LogP contribution in [0, 0.1) is 23.0 Å². The van der Waals surface area contributed by atoms with Gasteiger partial charge in [0.2, 0.25) is 0 Å². The maximum Gasteiger partial charge on any atom is 0.170 e. The summed E-state index contributed by atoms with van der Waals surface area (Å²) in [5, 5.41) is 11.7. The maximum atomic E-state index is 13.9. The van der Waals surface area contributed by atoms with Gasteiger partial charge in [-0.25, -0.2) is 8.78 Å². The van der Waals surface area contributed by atoms with Gasteiger partial charge in [0.25, 0.3) is 0 Å². The molecule has 0 aliphatic carbocycles. The number of benzene rings is 2. The second-order valence-corrected chi connectivity index (χ2v) is 4.09. The van der Waals surface area contributed by atoms with Gasteiger partial charge in [-0.3, -0.25) is 0 Å². The van der Waals surface area contributed by atoms with E-state index < -0.39 is 11.6 Å². The molecule has 1 N–H and O–H groups in total. The maximum absolute atomic E-state index is 13.9. The predicted octanol–water partition coefficient (Wildman–Crippen LogP) is 3.46. The van der Waals surface area contributed by atoms with Gasteiger partial charge in [-0.05, 0) is 24.3 Å². The van der Waals surface area contributed by atoms with E-state index in [2.05, 4.69) is 5.32 Å². The molecule has 0 heterocycles. The molecule has 20 heavy (non-hydrogen) atoms. The van der Waals surface area contributed by atoms with Gasteiger partial charge in [0.1, 0.15) is 11.9 Å². The molecule has 0 spiro atoms. The van der Waals surface area contributed by atoms with Crippen molar-refractivity contribution in [2.75, 3.05) is 12.4 Å². The Morgan fingerprint density at radius 1 is 1.25 bits per heavy atom. The number of hydrogen-bond acceptors (Lipinski definition) is 3. The Balaban J connectivity index is 2.15. The summed E-state index contributed by atoms with van der Waals surface area (Å²) in [6, 6.07) is 10.7. The van der Waals surface area contributed by atoms with Crippen LogP contribution in [0.15, 0.2) is 36.4 Å². The average Bonchev–Trinajstić information content (AvgIpc) is 2.47. The lowest BCUT2D eigenvalue weighted by Gasteiger charge is -2.10. The molecule has 0 saturated carbocycles. The number of methoxy groups -OCH3 is 1. The van der Waals surface area contributed by atoms with Crippen LogP contribution in [0.4, 0.5) is 14.5 Å². The average molecular weight is 274 g/mol. The molecule has 0 aliphatic rings. The minimum absolute atomic E-state index is 0.0545. The molecule has 0 bridgehead atoms. The van der Waals surface area contributed by atoms with Crippen molar-refractivity contribution in [1.82, 2.24) is 0 Å². The second-order valence-electron chi connectivity index (χ2n) is 4.09. The summed E-state index contributed by atoms with van der Waals surface area (Å²) in [7, 11) is 1.40. The van der Waals surface area contributed by atoms with Crippen molar-refractivity contribution < 1.29 is 13.5 Å². The van der Waals surface area contributed by atoms with Gasteiger partial charge in [-0.1, -0.05) is 12.1 Å². The van der Waals surface area contributed by atoms with E-state index in [4.69, 9.17) is 10.00 Å². The molecule has 5 heteroatoms. The molecule has 0 unspecified atom stereocenters. The standard InChI is InChI=1S/C15H12F2N2O/c1-20-14-4-2-3-10(15(14)17)9-19-12-5-6-13(16)11(7-12)8-18/h2-7,19H,9H2,1H3. The highest BCUT2D eigenvalue weighted by atomic mass is 19.1. The van der Waals surface area contributed by atoms with E-state index in [1.165, 1.54) is 31.4 Å². The van der Waals surface area contributed by atoms with Crippen molar-refractivity contribution in [3.8, 4) is 11.8 Å². The Morgan fingerprint density at radius 2 is 2.05 bits per heavy atom. The Labute approximate surface area is 115 Å². The molecule has 102 valence electrons. The van der Waals surface area contributed by atoms with Crippen molar-refractivity contribution in [1.29, 1.82) is 5.26 Å². The number of nitrogens with one attached hydrogen (secondary N) is 1. The zero-order chi connectivity index (χ0) is 14.5. The van der Waals surface area contributed by atoms with Crippen molar-refractivity contribution >= 4 is 5.69 Å². The van der Waals surface area contributed by atoms with Crippen molar-refractivity contribution in [2.45, 2.75) is 6.54 Å². The smallest absolute Gasteiger partial charge is 0.170 e. The van der Waals surface area contributed by atoms with Crippen LogP contribution in [-0.4, -0.2) is 7.11 Å². The molecule has 0 fully saturated rings. The van der Waals surface area contributed by atoms with Gasteiger partial charge < -0.3 is 10.1 Å². The summed E-state index contributed by atoms with van der Waals surface area (Å²) in [5.41, 5.74) is 0.915. The minimum atomic E-state index is -0.578. The fourth-order valence-corrected chi connectivity index (χ4v) is 1.77. The third-order valence-electron chi connectivity index (χ3n) is 2.83. The van der Waals surface area contributed by atoms with Gasteiger partial charge in [-0.15, -0.1) is 0 Å². The molecule has 0 aliphatic heterocycles. The third kappa shape index (κ3) is 2.86. The van der Waals surface area contributed by atoms with Crippen LogP contribution in [0.1, 0.15) is 11.1 Å². The fraction of sp³-hybridized carbons (Fsp3) is 0.133. The predicted molar refractivity (Wildman–Crippen MR) is 71.4 cm³/mol. The van der Waals surface area contributed by atoms with E-state index in [0.29, 0.717) is 11.3 Å². The lowest BCUT2D eigenvalue weighted by atomic mass is 10.1. The summed E-state index contributed by atoms with van der Waals surface area (Å²) < 4.78 is 32.0. The largest absolute Gasteiger partial charge is 0.494 e. The Hall–Kier alpha value is -2.61. The van der Waals surface area contributed by atoms with Crippen molar-refractivity contribution in [2.24, 2.45) is 0 Å². The number of nitriles is 1. The van der Waals surface area contributed by atoms with E-state index in [-0.39, 0.29) is 17.9 Å². The van der Waals surface area contributed by atoms with Gasteiger partial charge in [-0.2, -0.15) is 5.26 Å². The summed E-state index contributed by atoms with van der Waals surface area (Å²) in [5.74, 6) is -0.850. The minimum Gasteiger partial charge on any atom is -0.494 e. The van der Waals surface area contributed by atoms with Gasteiger partial charge in [0, 0.05) is 17.8 Å². The van der Waals surface area contributed by atoms with Crippen LogP contribution in [0.25, 0.3) is 0 Å². The monoisotopic (exact) mass is 274 g/mol. The summed E-state index contributed by atoms with van der Waals surface area (Å²) in [6.07, 6.45) is 0. The first-order valence-electron chi connectivity index (χ1n) is 5.90. The molecule has 2 rings (SSSR count). The first-order valence-corrected chi connectivity index (χ1v) is 5.90. The first kappa shape index (κ1) is 13.8. The van der Waals surface area contributed by atoms with Crippen LogP contribution in [0.2, 0.25) is 0 Å². The van der Waals surface area contributed by atoms with Gasteiger partial charge >= 0.3 is 0 Å². The van der Waals surface area contributed by atoms with Gasteiger partial charge in [0.15, 0.2) is 11.6 Å². The molecule has 0 radical (unpaired) electrons. The number of anilines is 1. The van der Waals surface area contributed by atoms with Gasteiger partial charge in [0.05, 0.1) is 12.7 Å². The highest BCUT2D eigenvalue weighted by molar-refractivity contribution is 5.50. The summed E-state index contributed by atoms with van der Waals surface area (Å²) in [6.45, 7) is 0.208. The topological polar surface area (TPSA) is 45.0 Å². The van der Waals surface area contributed by atoms with E-state index in [9.17, 15) is 8.78 Å². The van der Waals surface area contributed by atoms with E-state index in [0.717, 1.165) is 0 Å². The van der Waals surface area contributed by atoms with Crippen LogP contribution >= 0.6 is 0 Å². The highest BCUT2D eigenvalue weighted by Crippen LogP contribution is 2.21. The lowest BCUT2D eigenvalue weighted by Crippen LogP contribution is -2.03. The number of ether oxygens (including phenoxy) is 1. The molecule has 3 nitrogen and oxygen atoms in total. The Bertz CT molecular complexity index is 665. The van der Waals surface area contributed by atoms with Crippen molar-refractivity contribution in [3.63, 3.8) is 0 Å². The van der Waals surface area contributed by atoms with E-state index >= 15 is 0 Å².